The molecule has 9 rings (SSSR count). The van der Waals surface area contributed by atoms with Crippen molar-refractivity contribution >= 4 is 56.9 Å². The van der Waals surface area contributed by atoms with Gasteiger partial charge >= 0.3 is 0 Å². The van der Waals surface area contributed by atoms with E-state index in [1.54, 1.807) is 0 Å². The minimum Gasteiger partial charge on any atom is -0.258 e. The summed E-state index contributed by atoms with van der Waals surface area (Å²) < 4.78 is 0. The molecule has 5 aliphatic heterocycles. The third kappa shape index (κ3) is 5.17. The third-order valence-electron chi connectivity index (χ3n) is 9.38. The topological polar surface area (TPSA) is 97.1 Å². The normalized spacial score (nSPS) is 17.5. The van der Waals surface area contributed by atoms with Crippen molar-refractivity contribution in [2.45, 2.75) is 0 Å². The number of aliphatic imine (C=N–C) groups is 4. The molecule has 0 aromatic heterocycles. The maximum atomic E-state index is 8.54. The molecule has 0 saturated carbocycles. The van der Waals surface area contributed by atoms with Gasteiger partial charge in [0.2, 0.25) is 0 Å². The van der Waals surface area contributed by atoms with Gasteiger partial charge in [-0.3, -0.25) is 10.8 Å². The molecule has 0 aliphatic carbocycles. The summed E-state index contributed by atoms with van der Waals surface area (Å²) in [6, 6.07) is 40.3. The summed E-state index contributed by atoms with van der Waals surface area (Å²) in [5.74, 6) is 5.28. The number of nitrogens with one attached hydrogen (secondary N) is 2. The molecular formula is C46H28N6. The van der Waals surface area contributed by atoms with Crippen LogP contribution in [-0.4, -0.2) is 34.6 Å². The van der Waals surface area contributed by atoms with Crippen molar-refractivity contribution in [1.82, 2.24) is 0 Å². The summed E-state index contributed by atoms with van der Waals surface area (Å²) in [6.45, 7) is 0. The summed E-state index contributed by atoms with van der Waals surface area (Å²) in [7, 11) is 0. The number of allylic oxidation sites excluding steroid dienone is 11. The first kappa shape index (κ1) is 30.7. The highest BCUT2D eigenvalue weighted by molar-refractivity contribution is 6.43. The standard InChI is InChI=1S/C46H28N6/c47-27-33-34(28-48)46-44(32-19-11-4-12-20-32)40-26-24-38(51-40)42(30-15-7-2-8-16-30)36-22-21-35(49-36)41(29-13-5-1-6-14-29)37-23-25-39(50-37)43(45(33)52-46)31-17-9-3-10-18-31/h1-26,47-48H. The van der Waals surface area contributed by atoms with Gasteiger partial charge in [0.1, 0.15) is 0 Å². The molecule has 0 unspecified atom stereocenters. The van der Waals surface area contributed by atoms with Crippen molar-refractivity contribution in [3.63, 3.8) is 0 Å². The minimum absolute atomic E-state index is 0.364. The van der Waals surface area contributed by atoms with Gasteiger partial charge < -0.3 is 0 Å². The van der Waals surface area contributed by atoms with Crippen molar-refractivity contribution in [2.75, 3.05) is 0 Å². The van der Waals surface area contributed by atoms with Crippen molar-refractivity contribution in [2.24, 2.45) is 20.0 Å². The molecule has 0 saturated heterocycles. The Bertz CT molecular complexity index is 2660. The van der Waals surface area contributed by atoms with Crippen LogP contribution in [0.4, 0.5) is 0 Å². The lowest BCUT2D eigenvalue weighted by molar-refractivity contribution is 1.40. The quantitative estimate of drug-likeness (QED) is 0.203. The molecule has 5 heterocycles. The first-order valence-corrected chi connectivity index (χ1v) is 16.9. The van der Waals surface area contributed by atoms with Gasteiger partial charge in [0, 0.05) is 22.3 Å². The molecule has 0 amide bonds. The predicted molar refractivity (Wildman–Crippen MR) is 213 cm³/mol. The molecular weight excluding hydrogens is 637 g/mol. The lowest BCUT2D eigenvalue weighted by atomic mass is 9.91. The number of hydrogen-bond donors (Lipinski definition) is 2. The Hall–Kier alpha value is -7.36. The first-order chi connectivity index (χ1) is 25.7. The van der Waals surface area contributed by atoms with Gasteiger partial charge in [0.05, 0.1) is 56.8 Å². The van der Waals surface area contributed by atoms with Crippen LogP contribution in [0.3, 0.4) is 0 Å². The van der Waals surface area contributed by atoms with Crippen LogP contribution in [0, 0.1) is 10.8 Å². The maximum absolute atomic E-state index is 8.54. The molecule has 0 radical (unpaired) electrons. The van der Waals surface area contributed by atoms with Gasteiger partial charge in [-0.15, -0.1) is 0 Å². The van der Waals surface area contributed by atoms with Crippen LogP contribution in [0.15, 0.2) is 212 Å². The molecule has 52 heavy (non-hydrogen) atoms. The van der Waals surface area contributed by atoms with Crippen LogP contribution in [0.2, 0.25) is 0 Å². The molecule has 0 spiro atoms. The van der Waals surface area contributed by atoms with Gasteiger partial charge in [0.25, 0.3) is 0 Å². The summed E-state index contributed by atoms with van der Waals surface area (Å²) in [6.07, 6.45) is 12.1. The van der Waals surface area contributed by atoms with Crippen LogP contribution in [-0.2, 0) is 0 Å². The van der Waals surface area contributed by atoms with Gasteiger partial charge in [0.15, 0.2) is 0 Å². The Balaban J connectivity index is 1.44. The van der Waals surface area contributed by atoms with Crippen LogP contribution in [0.1, 0.15) is 22.3 Å². The lowest BCUT2D eigenvalue weighted by Crippen LogP contribution is -2.06. The van der Waals surface area contributed by atoms with E-state index < -0.39 is 0 Å². The van der Waals surface area contributed by atoms with Crippen LogP contribution < -0.4 is 0 Å². The molecule has 0 atom stereocenters. The highest BCUT2D eigenvalue weighted by Gasteiger charge is 2.34. The average Bonchev–Trinajstić information content (AvgIpc) is 4.03. The van der Waals surface area contributed by atoms with E-state index in [1.165, 1.54) is 0 Å². The fourth-order valence-corrected chi connectivity index (χ4v) is 7.07. The van der Waals surface area contributed by atoms with E-state index in [0.717, 1.165) is 67.4 Å². The highest BCUT2D eigenvalue weighted by atomic mass is 14.9. The third-order valence-corrected chi connectivity index (χ3v) is 9.38. The fourth-order valence-electron chi connectivity index (χ4n) is 7.07. The molecule has 4 aromatic rings. The number of fused-ring (bicyclic) bond motifs is 4. The van der Waals surface area contributed by atoms with E-state index in [9.17, 15) is 0 Å². The smallest absolute Gasteiger partial charge is 0.0917 e. The molecule has 8 bridgehead atoms. The fraction of sp³-hybridized carbons (Fsp3) is 0. The molecule has 5 aliphatic rings. The monoisotopic (exact) mass is 664 g/mol. The van der Waals surface area contributed by atoms with E-state index in [2.05, 4.69) is 48.2 Å². The molecule has 0 fully saturated rings. The van der Waals surface area contributed by atoms with Gasteiger partial charge in [-0.2, -0.15) is 0 Å². The zero-order valence-electron chi connectivity index (χ0n) is 27.8. The number of hydrogen-bond acceptors (Lipinski definition) is 6. The molecule has 2 N–H and O–H groups in total. The number of benzene rings is 4. The molecule has 4 aromatic carbocycles. The second-order valence-corrected chi connectivity index (χ2v) is 12.4. The molecule has 6 nitrogen and oxygen atoms in total. The molecule has 6 heteroatoms. The van der Waals surface area contributed by atoms with Crippen LogP contribution in [0.5, 0.6) is 0 Å². The van der Waals surface area contributed by atoms with Gasteiger partial charge in [-0.05, 0) is 70.4 Å². The Labute approximate surface area is 300 Å². The summed E-state index contributed by atoms with van der Waals surface area (Å²) in [5.41, 5.74) is 13.1. The maximum Gasteiger partial charge on any atom is 0.0917 e. The first-order valence-electron chi connectivity index (χ1n) is 16.9. The predicted octanol–water partition coefficient (Wildman–Crippen LogP) is 9.48. The van der Waals surface area contributed by atoms with Crippen molar-refractivity contribution in [1.29, 1.82) is 10.8 Å². The average molecular weight is 665 g/mol. The van der Waals surface area contributed by atoms with Crippen LogP contribution >= 0.6 is 0 Å². The summed E-state index contributed by atoms with van der Waals surface area (Å²) >= 11 is 0. The van der Waals surface area contributed by atoms with E-state index in [4.69, 9.17) is 30.8 Å². The SMILES string of the molecule is N=C=C1C(=C=N)C2=C(c3ccccc3)C3=NC(=C(c4ccccc4)C4=NC(=C(c5ccccc5)C5=NC(=C(c6ccccc6)C1=N2)C=C5)C=C4)C=C3. The zero-order valence-corrected chi connectivity index (χ0v) is 27.8. The van der Waals surface area contributed by atoms with Gasteiger partial charge in [-0.1, -0.05) is 121 Å². The zero-order chi connectivity index (χ0) is 35.0. The summed E-state index contributed by atoms with van der Waals surface area (Å²) in [4.78, 5) is 21.1. The second-order valence-electron chi connectivity index (χ2n) is 12.4. The molecule has 242 valence electrons. The Kier molecular flexibility index (Phi) is 7.57. The Morgan fingerprint density at radius 3 is 1.10 bits per heavy atom. The minimum atomic E-state index is 0.364. The van der Waals surface area contributed by atoms with Crippen molar-refractivity contribution in [3.8, 4) is 0 Å². The van der Waals surface area contributed by atoms with E-state index in [1.807, 2.05) is 121 Å². The van der Waals surface area contributed by atoms with E-state index >= 15 is 0 Å². The highest BCUT2D eigenvalue weighted by Crippen LogP contribution is 2.42. The largest absolute Gasteiger partial charge is 0.258 e. The van der Waals surface area contributed by atoms with Crippen molar-refractivity contribution in [3.05, 3.63) is 214 Å². The van der Waals surface area contributed by atoms with E-state index in [-0.39, 0.29) is 0 Å². The Morgan fingerprint density at radius 2 is 0.692 bits per heavy atom. The Morgan fingerprint density at radius 1 is 0.346 bits per heavy atom. The summed E-state index contributed by atoms with van der Waals surface area (Å²) in [5, 5.41) is 17.1. The number of rotatable bonds is 4. The van der Waals surface area contributed by atoms with Crippen LogP contribution in [0.25, 0.3) is 22.3 Å². The second kappa shape index (κ2) is 12.8. The van der Waals surface area contributed by atoms with Crippen molar-refractivity contribution < 1.29 is 0 Å². The number of nitrogens with zero attached hydrogens (tertiary/aromatic N) is 4. The lowest BCUT2D eigenvalue weighted by Gasteiger charge is -2.12. The van der Waals surface area contributed by atoms with Gasteiger partial charge in [-0.25, -0.2) is 20.0 Å². The van der Waals surface area contributed by atoms with E-state index in [0.29, 0.717) is 34.0 Å².